The highest BCUT2D eigenvalue weighted by molar-refractivity contribution is 5.32. The second kappa shape index (κ2) is 5.54. The predicted octanol–water partition coefficient (Wildman–Crippen LogP) is 3.37. The Morgan fingerprint density at radius 3 is 2.65 bits per heavy atom. The van der Waals surface area contributed by atoms with Gasteiger partial charge in [-0.1, -0.05) is 31.5 Å². The van der Waals surface area contributed by atoms with Gasteiger partial charge in [-0.3, -0.25) is 0 Å². The van der Waals surface area contributed by atoms with Gasteiger partial charge in [0.2, 0.25) is 0 Å². The molecule has 0 spiro atoms. The van der Waals surface area contributed by atoms with Crippen LogP contribution in [0.3, 0.4) is 0 Å². The highest BCUT2D eigenvalue weighted by atomic mass is 16.5. The summed E-state index contributed by atoms with van der Waals surface area (Å²) >= 11 is 0. The van der Waals surface area contributed by atoms with Gasteiger partial charge >= 0.3 is 0 Å². The lowest BCUT2D eigenvalue weighted by molar-refractivity contribution is 0.123. The van der Waals surface area contributed by atoms with E-state index in [9.17, 15) is 0 Å². The zero-order chi connectivity index (χ0) is 12.1. The van der Waals surface area contributed by atoms with Crippen LogP contribution in [0.5, 0.6) is 5.75 Å². The maximum absolute atomic E-state index is 5.35. The molecule has 0 aliphatic heterocycles. The number of nitrogens with one attached hydrogen (secondary N) is 1. The molecule has 0 radical (unpaired) electrons. The number of hydrogen-bond acceptors (Lipinski definition) is 2. The van der Waals surface area contributed by atoms with Crippen molar-refractivity contribution in [3.05, 3.63) is 29.8 Å². The number of benzene rings is 1. The summed E-state index contributed by atoms with van der Waals surface area (Å²) in [6, 6.07) is 8.24. The first-order valence-electron chi connectivity index (χ1n) is 6.62. The maximum Gasteiger partial charge on any atom is 0.123 e. The first kappa shape index (κ1) is 12.4. The van der Waals surface area contributed by atoms with Crippen molar-refractivity contribution < 1.29 is 4.74 Å². The average molecular weight is 233 g/mol. The van der Waals surface area contributed by atoms with Gasteiger partial charge in [0.05, 0.1) is 7.11 Å². The Hall–Kier alpha value is -1.02. The Kier molecular flexibility index (Phi) is 4.06. The third-order valence-corrected chi connectivity index (χ3v) is 4.17. The molecule has 0 atom stereocenters. The molecular weight excluding hydrogens is 210 g/mol. The van der Waals surface area contributed by atoms with Crippen molar-refractivity contribution in [3.8, 4) is 5.75 Å². The summed E-state index contributed by atoms with van der Waals surface area (Å²) in [4.78, 5) is 0. The number of hydrogen-bond donors (Lipinski definition) is 1. The van der Waals surface area contributed by atoms with Crippen LogP contribution in [0.2, 0.25) is 0 Å². The fourth-order valence-electron chi connectivity index (χ4n) is 2.64. The first-order chi connectivity index (χ1) is 8.29. The molecule has 2 heteroatoms. The van der Waals surface area contributed by atoms with E-state index < -0.39 is 0 Å². The van der Waals surface area contributed by atoms with E-state index in [2.05, 4.69) is 24.4 Å². The van der Waals surface area contributed by atoms with E-state index in [1.807, 2.05) is 12.1 Å². The topological polar surface area (TPSA) is 21.3 Å². The van der Waals surface area contributed by atoms with Crippen LogP contribution >= 0.6 is 0 Å². The van der Waals surface area contributed by atoms with Crippen LogP contribution in [0.1, 0.15) is 38.2 Å². The lowest BCUT2D eigenvalue weighted by Crippen LogP contribution is -2.39. The highest BCUT2D eigenvalue weighted by Crippen LogP contribution is 2.43. The van der Waals surface area contributed by atoms with Crippen molar-refractivity contribution in [1.82, 2.24) is 5.32 Å². The summed E-state index contributed by atoms with van der Waals surface area (Å²) in [5.74, 6) is 0.985. The number of methoxy groups -OCH3 is 1. The molecule has 0 unspecified atom stereocenters. The quantitative estimate of drug-likeness (QED) is 0.813. The van der Waals surface area contributed by atoms with Gasteiger partial charge in [0.1, 0.15) is 5.75 Å². The van der Waals surface area contributed by atoms with Crippen LogP contribution in [-0.4, -0.2) is 13.7 Å². The van der Waals surface area contributed by atoms with Gasteiger partial charge in [-0.15, -0.1) is 0 Å². The summed E-state index contributed by atoms with van der Waals surface area (Å²) in [6.07, 6.45) is 5.49. The molecule has 1 saturated carbocycles. The fraction of sp³-hybridized carbons (Fsp3) is 0.600. The summed E-state index contributed by atoms with van der Waals surface area (Å²) in [5.41, 5.74) is 1.84. The zero-order valence-electron chi connectivity index (χ0n) is 11.0. The van der Waals surface area contributed by atoms with Gasteiger partial charge in [-0.05, 0) is 30.7 Å². The van der Waals surface area contributed by atoms with E-state index in [4.69, 9.17) is 4.74 Å². The van der Waals surface area contributed by atoms with Crippen LogP contribution in [0.4, 0.5) is 0 Å². The zero-order valence-corrected chi connectivity index (χ0v) is 11.0. The Morgan fingerprint density at radius 2 is 2.06 bits per heavy atom. The molecule has 0 amide bonds. The molecule has 1 aromatic carbocycles. The van der Waals surface area contributed by atoms with E-state index >= 15 is 0 Å². The Labute approximate surface area is 104 Å². The number of rotatable bonds is 6. The second-order valence-electron chi connectivity index (χ2n) is 5.12. The Balaban J connectivity index is 1.85. The van der Waals surface area contributed by atoms with Gasteiger partial charge in [0.25, 0.3) is 0 Å². The number of para-hydroxylation sites is 1. The SMILES string of the molecule is CCC1(CNCc2ccccc2OC)CCC1. The van der Waals surface area contributed by atoms with Gasteiger partial charge in [0.15, 0.2) is 0 Å². The molecule has 1 aliphatic rings. The minimum absolute atomic E-state index is 0.585. The molecule has 0 bridgehead atoms. The molecule has 2 nitrogen and oxygen atoms in total. The standard InChI is InChI=1S/C15H23NO/c1-3-15(9-6-10-15)12-16-11-13-7-4-5-8-14(13)17-2/h4-5,7-8,16H,3,6,9-12H2,1-2H3. The lowest BCUT2D eigenvalue weighted by atomic mass is 9.67. The summed E-state index contributed by atoms with van der Waals surface area (Å²) in [7, 11) is 1.73. The maximum atomic E-state index is 5.35. The van der Waals surface area contributed by atoms with Crippen molar-refractivity contribution in [3.63, 3.8) is 0 Å². The molecule has 1 aliphatic carbocycles. The molecular formula is C15H23NO. The first-order valence-corrected chi connectivity index (χ1v) is 6.62. The minimum atomic E-state index is 0.585. The smallest absolute Gasteiger partial charge is 0.123 e. The van der Waals surface area contributed by atoms with E-state index in [1.165, 1.54) is 31.2 Å². The third-order valence-electron chi connectivity index (χ3n) is 4.17. The molecule has 0 aromatic heterocycles. The van der Waals surface area contributed by atoms with Gasteiger partial charge in [0, 0.05) is 18.7 Å². The largest absolute Gasteiger partial charge is 0.496 e. The molecule has 1 N–H and O–H groups in total. The van der Waals surface area contributed by atoms with Crippen molar-refractivity contribution in [2.24, 2.45) is 5.41 Å². The van der Waals surface area contributed by atoms with E-state index in [0.717, 1.165) is 18.8 Å². The van der Waals surface area contributed by atoms with Gasteiger partial charge in [-0.2, -0.15) is 0 Å². The molecule has 17 heavy (non-hydrogen) atoms. The third kappa shape index (κ3) is 2.81. The van der Waals surface area contributed by atoms with Crippen LogP contribution in [0, 0.1) is 5.41 Å². The van der Waals surface area contributed by atoms with Gasteiger partial charge in [-0.25, -0.2) is 0 Å². The van der Waals surface area contributed by atoms with E-state index in [-0.39, 0.29) is 0 Å². The lowest BCUT2D eigenvalue weighted by Gasteiger charge is -2.41. The molecule has 1 aromatic rings. The molecule has 1 fully saturated rings. The summed E-state index contributed by atoms with van der Waals surface area (Å²) < 4.78 is 5.35. The van der Waals surface area contributed by atoms with Crippen molar-refractivity contribution in [2.75, 3.05) is 13.7 Å². The summed E-state index contributed by atoms with van der Waals surface area (Å²) in [6.45, 7) is 4.36. The Morgan fingerprint density at radius 1 is 1.29 bits per heavy atom. The Bertz CT molecular complexity index is 352. The van der Waals surface area contributed by atoms with Crippen molar-refractivity contribution >= 4 is 0 Å². The molecule has 2 rings (SSSR count). The second-order valence-corrected chi connectivity index (χ2v) is 5.12. The van der Waals surface area contributed by atoms with Crippen LogP contribution < -0.4 is 10.1 Å². The van der Waals surface area contributed by atoms with Crippen LogP contribution in [0.15, 0.2) is 24.3 Å². The minimum Gasteiger partial charge on any atom is -0.496 e. The van der Waals surface area contributed by atoms with Crippen molar-refractivity contribution in [1.29, 1.82) is 0 Å². The van der Waals surface area contributed by atoms with Gasteiger partial charge < -0.3 is 10.1 Å². The summed E-state index contributed by atoms with van der Waals surface area (Å²) in [5, 5.41) is 3.59. The predicted molar refractivity (Wildman–Crippen MR) is 71.3 cm³/mol. The fourth-order valence-corrected chi connectivity index (χ4v) is 2.64. The van der Waals surface area contributed by atoms with Crippen molar-refractivity contribution in [2.45, 2.75) is 39.2 Å². The molecule has 0 saturated heterocycles. The normalized spacial score (nSPS) is 17.5. The number of ether oxygens (including phenoxy) is 1. The molecule has 94 valence electrons. The monoisotopic (exact) mass is 233 g/mol. The van der Waals surface area contributed by atoms with Crippen LogP contribution in [0.25, 0.3) is 0 Å². The van der Waals surface area contributed by atoms with E-state index in [0.29, 0.717) is 5.41 Å². The average Bonchev–Trinajstić information content (AvgIpc) is 2.33. The highest BCUT2D eigenvalue weighted by Gasteiger charge is 2.34. The molecule has 0 heterocycles. The van der Waals surface area contributed by atoms with Crippen LogP contribution in [-0.2, 0) is 6.54 Å². The van der Waals surface area contributed by atoms with E-state index in [1.54, 1.807) is 7.11 Å².